The molecule has 1 aromatic carbocycles. The molecule has 1 N–H and O–H groups in total. The average molecular weight is 388 g/mol. The molecule has 0 bridgehead atoms. The normalized spacial score (nSPS) is 20.5. The third kappa shape index (κ3) is 3.21. The van der Waals surface area contributed by atoms with Crippen molar-refractivity contribution in [1.29, 1.82) is 0 Å². The molecule has 3 rings (SSSR count). The predicted molar refractivity (Wildman–Crippen MR) is 85.1 cm³/mol. The van der Waals surface area contributed by atoms with Gasteiger partial charge in [0.05, 0.1) is 21.6 Å². The van der Waals surface area contributed by atoms with Crippen LogP contribution in [0.4, 0.5) is 18.9 Å². The van der Waals surface area contributed by atoms with E-state index < -0.39 is 47.9 Å². The van der Waals surface area contributed by atoms with Crippen LogP contribution in [0.1, 0.15) is 9.67 Å². The molecule has 0 unspecified atom stereocenters. The Labute approximate surface area is 147 Å². The first-order chi connectivity index (χ1) is 12.1. The second-order valence-electron chi connectivity index (χ2n) is 5.89. The fraction of sp³-hybridized carbons (Fsp3) is 0.333. The van der Waals surface area contributed by atoms with Crippen molar-refractivity contribution in [2.75, 3.05) is 13.1 Å². The number of alkyl halides is 3. The quantitative estimate of drug-likeness (QED) is 0.643. The zero-order chi connectivity index (χ0) is 19.2. The SMILES string of the molecule is O=C(O)[C@@H]1CN(C(=O)c2cc3cc([N+](=O)[O-])ccc3s2)C[C@H]1C(F)(F)F. The Balaban J connectivity index is 1.88. The second-order valence-corrected chi connectivity index (χ2v) is 6.98. The van der Waals surface area contributed by atoms with Gasteiger partial charge < -0.3 is 10.0 Å². The lowest BCUT2D eigenvalue weighted by molar-refractivity contribution is -0.384. The minimum Gasteiger partial charge on any atom is -0.481 e. The molecule has 1 saturated heterocycles. The Bertz CT molecular complexity index is 910. The molecule has 0 radical (unpaired) electrons. The molecule has 1 aliphatic rings. The number of fused-ring (bicyclic) bond motifs is 1. The van der Waals surface area contributed by atoms with Crippen LogP contribution in [0.15, 0.2) is 24.3 Å². The van der Waals surface area contributed by atoms with Crippen molar-refractivity contribution in [3.8, 4) is 0 Å². The molecular weight excluding hydrogens is 377 g/mol. The van der Waals surface area contributed by atoms with Crippen LogP contribution in [-0.2, 0) is 4.79 Å². The highest BCUT2D eigenvalue weighted by atomic mass is 32.1. The summed E-state index contributed by atoms with van der Waals surface area (Å²) in [5.74, 6) is -6.16. The largest absolute Gasteiger partial charge is 0.481 e. The van der Waals surface area contributed by atoms with Crippen LogP contribution < -0.4 is 0 Å². The highest BCUT2D eigenvalue weighted by Crippen LogP contribution is 2.39. The number of nitro groups is 1. The number of nitrogens with zero attached hydrogens (tertiary/aromatic N) is 2. The van der Waals surface area contributed by atoms with Gasteiger partial charge in [-0.1, -0.05) is 0 Å². The maximum absolute atomic E-state index is 13.0. The highest BCUT2D eigenvalue weighted by molar-refractivity contribution is 7.20. The number of nitro benzene ring substituents is 1. The number of likely N-dealkylation sites (tertiary alicyclic amines) is 1. The van der Waals surface area contributed by atoms with E-state index in [0.29, 0.717) is 10.1 Å². The summed E-state index contributed by atoms with van der Waals surface area (Å²) < 4.78 is 39.7. The number of aliphatic carboxylic acids is 1. The summed E-state index contributed by atoms with van der Waals surface area (Å²) in [4.78, 5) is 34.8. The molecule has 1 fully saturated rings. The van der Waals surface area contributed by atoms with Gasteiger partial charge in [-0.3, -0.25) is 19.7 Å². The van der Waals surface area contributed by atoms with Crippen LogP contribution in [0.2, 0.25) is 0 Å². The predicted octanol–water partition coefficient (Wildman–Crippen LogP) is 3.14. The number of hydrogen-bond acceptors (Lipinski definition) is 5. The maximum Gasteiger partial charge on any atom is 0.394 e. The minimum absolute atomic E-state index is 0.104. The van der Waals surface area contributed by atoms with Crippen LogP contribution in [0, 0.1) is 22.0 Å². The molecule has 1 amide bonds. The van der Waals surface area contributed by atoms with E-state index in [1.165, 1.54) is 24.3 Å². The Morgan fingerprint density at radius 2 is 1.96 bits per heavy atom. The van der Waals surface area contributed by atoms with Gasteiger partial charge in [-0.2, -0.15) is 13.2 Å². The Hall–Kier alpha value is -2.69. The number of hydrogen-bond donors (Lipinski definition) is 1. The zero-order valence-electron chi connectivity index (χ0n) is 12.9. The standard InChI is InChI=1S/C15H11F3N2O5S/c16-15(17,18)10-6-19(5-9(10)14(22)23)13(21)12-4-7-3-8(20(24)25)1-2-11(7)26-12/h1-4,9-10H,5-6H2,(H,22,23)/t9-,10-/m1/s1. The van der Waals surface area contributed by atoms with Crippen molar-refractivity contribution < 1.29 is 32.8 Å². The molecule has 1 aliphatic heterocycles. The van der Waals surface area contributed by atoms with Gasteiger partial charge in [0, 0.05) is 35.3 Å². The molecular formula is C15H11F3N2O5S. The molecule has 7 nitrogen and oxygen atoms in total. The summed E-state index contributed by atoms with van der Waals surface area (Å²) in [5.41, 5.74) is -0.168. The monoisotopic (exact) mass is 388 g/mol. The van der Waals surface area contributed by atoms with Crippen LogP contribution in [0.5, 0.6) is 0 Å². The van der Waals surface area contributed by atoms with Gasteiger partial charge in [-0.15, -0.1) is 11.3 Å². The number of thiophene rings is 1. The number of halogens is 3. The molecule has 0 aliphatic carbocycles. The van der Waals surface area contributed by atoms with Crippen LogP contribution in [-0.4, -0.2) is 46.1 Å². The summed E-state index contributed by atoms with van der Waals surface area (Å²) >= 11 is 0.989. The number of carboxylic acid groups (broad SMARTS) is 1. The zero-order valence-corrected chi connectivity index (χ0v) is 13.7. The average Bonchev–Trinajstić information content (AvgIpc) is 3.17. The fourth-order valence-corrected chi connectivity index (χ4v) is 3.97. The number of carbonyl (C=O) groups excluding carboxylic acids is 1. The Kier molecular flexibility index (Phi) is 4.34. The van der Waals surface area contributed by atoms with E-state index >= 15 is 0 Å². The maximum atomic E-state index is 13.0. The van der Waals surface area contributed by atoms with Gasteiger partial charge in [0.15, 0.2) is 0 Å². The van der Waals surface area contributed by atoms with Crippen molar-refractivity contribution in [3.05, 3.63) is 39.3 Å². The van der Waals surface area contributed by atoms with E-state index in [1.807, 2.05) is 0 Å². The number of non-ortho nitro benzene ring substituents is 1. The number of amides is 1. The van der Waals surface area contributed by atoms with Gasteiger partial charge in [0.25, 0.3) is 11.6 Å². The topological polar surface area (TPSA) is 101 Å². The van der Waals surface area contributed by atoms with Gasteiger partial charge in [0.2, 0.25) is 0 Å². The fourth-order valence-electron chi connectivity index (χ4n) is 2.96. The van der Waals surface area contributed by atoms with Crippen LogP contribution in [0.25, 0.3) is 10.1 Å². The summed E-state index contributed by atoms with van der Waals surface area (Å²) in [6.07, 6.45) is -4.72. The first-order valence-electron chi connectivity index (χ1n) is 7.34. The molecule has 2 atom stereocenters. The summed E-state index contributed by atoms with van der Waals surface area (Å²) in [5, 5.41) is 20.2. The number of benzene rings is 1. The van der Waals surface area contributed by atoms with Crippen LogP contribution >= 0.6 is 11.3 Å². The minimum atomic E-state index is -4.72. The lowest BCUT2D eigenvalue weighted by Gasteiger charge is -2.18. The molecule has 1 aromatic heterocycles. The van der Waals surface area contributed by atoms with Crippen molar-refractivity contribution in [2.45, 2.75) is 6.18 Å². The van der Waals surface area contributed by atoms with Crippen molar-refractivity contribution in [2.24, 2.45) is 11.8 Å². The van der Waals surface area contributed by atoms with E-state index in [2.05, 4.69) is 0 Å². The molecule has 0 saturated carbocycles. The number of rotatable bonds is 3. The molecule has 11 heteroatoms. The molecule has 138 valence electrons. The molecule has 0 spiro atoms. The molecule has 2 aromatic rings. The summed E-state index contributed by atoms with van der Waals surface area (Å²) in [6.45, 7) is -1.26. The smallest absolute Gasteiger partial charge is 0.394 e. The molecule has 2 heterocycles. The van der Waals surface area contributed by atoms with Gasteiger partial charge in [-0.25, -0.2) is 0 Å². The number of carbonyl (C=O) groups is 2. The van der Waals surface area contributed by atoms with E-state index in [9.17, 15) is 32.9 Å². The lowest BCUT2D eigenvalue weighted by Crippen LogP contribution is -2.34. The Morgan fingerprint density at radius 1 is 1.27 bits per heavy atom. The number of carboxylic acids is 1. The summed E-state index contributed by atoms with van der Waals surface area (Å²) in [6, 6.07) is 5.36. The lowest BCUT2D eigenvalue weighted by atomic mass is 9.96. The van der Waals surface area contributed by atoms with E-state index in [1.54, 1.807) is 0 Å². The van der Waals surface area contributed by atoms with E-state index in [0.717, 1.165) is 16.2 Å². The Morgan fingerprint density at radius 3 is 2.50 bits per heavy atom. The van der Waals surface area contributed by atoms with Crippen LogP contribution in [0.3, 0.4) is 0 Å². The van der Waals surface area contributed by atoms with Crippen molar-refractivity contribution in [3.63, 3.8) is 0 Å². The third-order valence-electron chi connectivity index (χ3n) is 4.27. The third-order valence-corrected chi connectivity index (χ3v) is 5.37. The van der Waals surface area contributed by atoms with E-state index in [4.69, 9.17) is 5.11 Å². The first kappa shape index (κ1) is 18.1. The van der Waals surface area contributed by atoms with Gasteiger partial charge >= 0.3 is 12.1 Å². The van der Waals surface area contributed by atoms with E-state index in [-0.39, 0.29) is 10.6 Å². The molecule has 26 heavy (non-hydrogen) atoms. The van der Waals surface area contributed by atoms with Crippen molar-refractivity contribution in [1.82, 2.24) is 4.90 Å². The second kappa shape index (κ2) is 6.24. The summed E-state index contributed by atoms with van der Waals surface area (Å²) in [7, 11) is 0. The first-order valence-corrected chi connectivity index (χ1v) is 8.16. The van der Waals surface area contributed by atoms with Gasteiger partial charge in [0.1, 0.15) is 0 Å². The van der Waals surface area contributed by atoms with Crippen molar-refractivity contribution >= 4 is 39.0 Å². The van der Waals surface area contributed by atoms with Gasteiger partial charge in [-0.05, 0) is 12.1 Å². The highest BCUT2D eigenvalue weighted by Gasteiger charge is 2.53.